The second-order valence-electron chi connectivity index (χ2n) is 3.02. The molecule has 54 valence electrons. The van der Waals surface area contributed by atoms with Gasteiger partial charge in [0.2, 0.25) is 0 Å². The van der Waals surface area contributed by atoms with E-state index >= 15 is 0 Å². The average molecular weight is 144 g/mol. The molecule has 0 radical (unpaired) electrons. The van der Waals surface area contributed by atoms with Crippen molar-refractivity contribution in [3.8, 4) is 12.3 Å². The van der Waals surface area contributed by atoms with Crippen LogP contribution in [0.2, 0.25) is 18.1 Å². The molecule has 2 heteroatoms. The average Bonchev–Trinajstić information content (AvgIpc) is 1.67. The summed E-state index contributed by atoms with van der Waals surface area (Å²) in [6.07, 6.45) is 5.29. The summed E-state index contributed by atoms with van der Waals surface area (Å²) in [7, 11) is -0.616. The Balaban J connectivity index is 0. The molecule has 0 aromatic rings. The van der Waals surface area contributed by atoms with Crippen LogP contribution in [0.1, 0.15) is 13.8 Å². The normalized spacial score (nSPS) is 10.2. The lowest BCUT2D eigenvalue weighted by molar-refractivity contribution is 0.824. The Bertz CT molecular complexity index is 111. The van der Waals surface area contributed by atoms with Gasteiger partial charge in [0, 0.05) is 5.04 Å². The molecule has 0 aromatic carbocycles. The first-order valence-electron chi connectivity index (χ1n) is 2.98. The van der Waals surface area contributed by atoms with Crippen LogP contribution in [0.5, 0.6) is 0 Å². The fourth-order valence-electron chi connectivity index (χ4n) is 0.167. The lowest BCUT2D eigenvalue weighted by Crippen LogP contribution is -2.18. The minimum Gasteiger partial charge on any atom is -0.412 e. The van der Waals surface area contributed by atoms with Crippen LogP contribution >= 0.6 is 0 Å². The fourth-order valence-corrected chi connectivity index (χ4v) is 0.500. The first-order chi connectivity index (χ1) is 3.50. The smallest absolute Gasteiger partial charge is 0.0514 e. The van der Waals surface area contributed by atoms with Crippen molar-refractivity contribution in [1.29, 1.82) is 0 Å². The summed E-state index contributed by atoms with van der Waals surface area (Å²) in [5.74, 6) is 2.80. The van der Waals surface area contributed by atoms with Crippen molar-refractivity contribution in [3.05, 3.63) is 0 Å². The highest BCUT2D eigenvalue weighted by atomic mass is 28.3. The molecule has 1 nitrogen and oxygen atoms in total. The Morgan fingerprint density at radius 3 is 1.67 bits per heavy atom. The molecule has 2 N–H and O–H groups in total. The number of rotatable bonds is 1. The summed E-state index contributed by atoms with van der Waals surface area (Å²) >= 11 is 0. The summed E-state index contributed by atoms with van der Waals surface area (Å²) < 4.78 is 0. The van der Waals surface area contributed by atoms with Gasteiger partial charge >= 0.3 is 0 Å². The topological polar surface area (TPSA) is 31.5 Å². The lowest BCUT2D eigenvalue weighted by atomic mass is 10.2. The summed E-state index contributed by atoms with van der Waals surface area (Å²) in [4.78, 5) is 0. The minimum atomic E-state index is -0.616. The molecule has 0 saturated heterocycles. The molecule has 0 aliphatic rings. The molecule has 9 heavy (non-hydrogen) atoms. The third-order valence-electron chi connectivity index (χ3n) is 1.82. The van der Waals surface area contributed by atoms with Crippen molar-refractivity contribution < 1.29 is 5.48 Å². The Morgan fingerprint density at radius 1 is 1.33 bits per heavy atom. The van der Waals surface area contributed by atoms with Gasteiger partial charge in [-0.2, -0.15) is 0 Å². The van der Waals surface area contributed by atoms with Gasteiger partial charge in [-0.15, -0.1) is 12.3 Å². The van der Waals surface area contributed by atoms with E-state index in [1.807, 2.05) is 0 Å². The number of hydrogen-bond donors (Lipinski definition) is 0. The van der Waals surface area contributed by atoms with Crippen LogP contribution in [0.15, 0.2) is 0 Å². The molecule has 0 saturated carbocycles. The maximum Gasteiger partial charge on any atom is 0.0514 e. The monoisotopic (exact) mass is 144 g/mol. The maximum absolute atomic E-state index is 5.29. The second kappa shape index (κ2) is 3.70. The molecule has 0 rings (SSSR count). The molecular formula is C7H16OSi. The van der Waals surface area contributed by atoms with Crippen LogP contribution in [0.25, 0.3) is 0 Å². The van der Waals surface area contributed by atoms with Gasteiger partial charge < -0.3 is 5.48 Å². The van der Waals surface area contributed by atoms with Crippen LogP contribution in [0.3, 0.4) is 0 Å². The van der Waals surface area contributed by atoms with Gasteiger partial charge in [-0.05, 0) is 0 Å². The van der Waals surface area contributed by atoms with Crippen molar-refractivity contribution in [3.63, 3.8) is 0 Å². The first-order valence-corrected chi connectivity index (χ1v) is 5.87. The second-order valence-corrected chi connectivity index (χ2v) is 6.77. The largest absolute Gasteiger partial charge is 0.412 e. The Labute approximate surface area is 59.4 Å². The third-order valence-corrected chi connectivity index (χ3v) is 4.87. The molecule has 0 spiro atoms. The van der Waals surface area contributed by atoms with Crippen molar-refractivity contribution >= 4 is 8.80 Å². The SMILES string of the molecule is C#CC(C)(C)[SiH](C)C.O. The molecule has 0 fully saturated rings. The third kappa shape index (κ3) is 3.34. The van der Waals surface area contributed by atoms with E-state index < -0.39 is 8.80 Å². The van der Waals surface area contributed by atoms with Gasteiger partial charge in [-0.25, -0.2) is 0 Å². The molecule has 0 heterocycles. The van der Waals surface area contributed by atoms with Crippen molar-refractivity contribution in [2.75, 3.05) is 0 Å². The van der Waals surface area contributed by atoms with Gasteiger partial charge in [-0.3, -0.25) is 0 Å². The van der Waals surface area contributed by atoms with Crippen molar-refractivity contribution in [1.82, 2.24) is 0 Å². The van der Waals surface area contributed by atoms with Gasteiger partial charge in [0.1, 0.15) is 0 Å². The summed E-state index contributed by atoms with van der Waals surface area (Å²) in [6, 6.07) is 0. The Kier molecular flexibility index (Phi) is 4.74. The van der Waals surface area contributed by atoms with Gasteiger partial charge in [0.15, 0.2) is 0 Å². The van der Waals surface area contributed by atoms with Crippen molar-refractivity contribution in [2.24, 2.45) is 0 Å². The zero-order valence-corrected chi connectivity index (χ0v) is 7.81. The summed E-state index contributed by atoms with van der Waals surface area (Å²) in [6.45, 7) is 8.84. The van der Waals surface area contributed by atoms with E-state index in [4.69, 9.17) is 6.42 Å². The molecule has 0 aliphatic heterocycles. The van der Waals surface area contributed by atoms with E-state index in [-0.39, 0.29) is 10.5 Å². The molecule has 0 bridgehead atoms. The van der Waals surface area contributed by atoms with Crippen LogP contribution in [0, 0.1) is 12.3 Å². The minimum absolute atomic E-state index is 0. The van der Waals surface area contributed by atoms with Gasteiger partial charge in [0.25, 0.3) is 0 Å². The molecular weight excluding hydrogens is 128 g/mol. The molecule has 0 atom stereocenters. The lowest BCUT2D eigenvalue weighted by Gasteiger charge is -2.20. The quantitative estimate of drug-likeness (QED) is 0.389. The predicted octanol–water partition coefficient (Wildman–Crippen LogP) is 1.06. The predicted molar refractivity (Wildman–Crippen MR) is 45.4 cm³/mol. The van der Waals surface area contributed by atoms with Gasteiger partial charge in [-0.1, -0.05) is 26.9 Å². The van der Waals surface area contributed by atoms with Crippen LogP contribution in [-0.2, 0) is 0 Å². The molecule has 0 unspecified atom stereocenters. The highest BCUT2D eigenvalue weighted by molar-refractivity contribution is 6.60. The standard InChI is InChI=1S/C7H14Si.H2O/c1-6-7(2,3)8(4)5;/h1,8H,2-5H3;1H2. The van der Waals surface area contributed by atoms with Crippen molar-refractivity contribution in [2.45, 2.75) is 32.0 Å². The first kappa shape index (κ1) is 11.5. The van der Waals surface area contributed by atoms with Crippen LogP contribution in [-0.4, -0.2) is 14.3 Å². The van der Waals surface area contributed by atoms with E-state index in [0.717, 1.165) is 0 Å². The van der Waals surface area contributed by atoms with Crippen LogP contribution < -0.4 is 0 Å². The number of hydrogen-bond acceptors (Lipinski definition) is 0. The molecule has 0 amide bonds. The van der Waals surface area contributed by atoms with E-state index in [9.17, 15) is 0 Å². The molecule has 0 aliphatic carbocycles. The van der Waals surface area contributed by atoms with Crippen LogP contribution in [0.4, 0.5) is 0 Å². The highest BCUT2D eigenvalue weighted by Gasteiger charge is 2.19. The van der Waals surface area contributed by atoms with E-state index in [1.54, 1.807) is 0 Å². The Morgan fingerprint density at radius 2 is 1.67 bits per heavy atom. The van der Waals surface area contributed by atoms with Gasteiger partial charge in [0.05, 0.1) is 8.80 Å². The summed E-state index contributed by atoms with van der Waals surface area (Å²) in [5.41, 5.74) is 0. The zero-order chi connectivity index (χ0) is 6.78. The molecule has 0 aromatic heterocycles. The Hall–Kier alpha value is -0.263. The number of terminal acetylenes is 1. The van der Waals surface area contributed by atoms with E-state index in [1.165, 1.54) is 0 Å². The summed E-state index contributed by atoms with van der Waals surface area (Å²) in [5, 5.41) is 0.208. The van der Waals surface area contributed by atoms with E-state index in [2.05, 4.69) is 32.9 Å². The van der Waals surface area contributed by atoms with E-state index in [0.29, 0.717) is 0 Å². The maximum atomic E-state index is 5.29. The zero-order valence-electron chi connectivity index (χ0n) is 6.65. The fraction of sp³-hybridized carbons (Fsp3) is 0.714. The highest BCUT2D eigenvalue weighted by Crippen LogP contribution is 2.25.